The number of nitrogens with zero attached hydrogens (tertiary/aromatic N) is 5. The number of halogens is 1. The third-order valence-corrected chi connectivity index (χ3v) is 7.12. The fraction of sp³-hybridized carbons (Fsp3) is 0.464. The van der Waals surface area contributed by atoms with E-state index >= 15 is 0 Å². The summed E-state index contributed by atoms with van der Waals surface area (Å²) in [5.74, 6) is -0.312. The normalized spacial score (nSPS) is 18.1. The number of nitrogens with one attached hydrogen (secondary N) is 2. The Morgan fingerprint density at radius 1 is 1.12 bits per heavy atom. The van der Waals surface area contributed by atoms with Gasteiger partial charge in [-0.3, -0.25) is 14.5 Å². The van der Waals surface area contributed by atoms with Gasteiger partial charge in [0, 0.05) is 58.0 Å². The third-order valence-electron chi connectivity index (χ3n) is 7.12. The number of likely N-dealkylation sites (tertiary alicyclic amines) is 1. The second-order valence-electron chi connectivity index (χ2n) is 10.3. The first-order chi connectivity index (χ1) is 19.5. The molecule has 2 N–H and O–H groups in total. The van der Waals surface area contributed by atoms with Gasteiger partial charge in [0.25, 0.3) is 17.8 Å². The molecule has 212 valence electrons. The number of anilines is 2. The first-order valence-corrected chi connectivity index (χ1v) is 13.6. The van der Waals surface area contributed by atoms with Crippen molar-refractivity contribution in [2.75, 3.05) is 49.6 Å². The molecule has 2 aromatic heterocycles. The van der Waals surface area contributed by atoms with Crippen molar-refractivity contribution in [2.24, 2.45) is 5.92 Å². The van der Waals surface area contributed by atoms with Crippen LogP contribution in [0.5, 0.6) is 6.01 Å². The van der Waals surface area contributed by atoms with Gasteiger partial charge in [-0.15, -0.1) is 0 Å². The molecule has 0 aliphatic carbocycles. The summed E-state index contributed by atoms with van der Waals surface area (Å²) >= 11 is 0. The number of rotatable bonds is 10. The number of benzene rings is 1. The lowest BCUT2D eigenvalue weighted by Crippen LogP contribution is -2.38. The molecule has 1 aromatic carbocycles. The highest BCUT2D eigenvalue weighted by Crippen LogP contribution is 2.25. The molecule has 0 unspecified atom stereocenters. The molecule has 0 radical (unpaired) electrons. The number of amides is 2. The van der Waals surface area contributed by atoms with Crippen molar-refractivity contribution in [3.05, 3.63) is 59.7 Å². The Morgan fingerprint density at radius 3 is 2.65 bits per heavy atom. The largest absolute Gasteiger partial charge is 0.460 e. The minimum atomic E-state index is -0.677. The monoisotopic (exact) mass is 551 g/mol. The van der Waals surface area contributed by atoms with Gasteiger partial charge in [-0.2, -0.15) is 4.98 Å². The molecule has 12 heteroatoms. The van der Waals surface area contributed by atoms with Crippen LogP contribution in [0.1, 0.15) is 52.6 Å². The van der Waals surface area contributed by atoms with E-state index in [1.165, 1.54) is 6.26 Å². The Kier molecular flexibility index (Phi) is 8.84. The highest BCUT2D eigenvalue weighted by molar-refractivity contribution is 6.08. The Bertz CT molecular complexity index is 1300. The van der Waals surface area contributed by atoms with E-state index in [9.17, 15) is 14.0 Å². The summed E-state index contributed by atoms with van der Waals surface area (Å²) < 4.78 is 24.2. The van der Waals surface area contributed by atoms with Crippen LogP contribution in [0.3, 0.4) is 0 Å². The number of piperidine rings is 1. The first-order valence-electron chi connectivity index (χ1n) is 13.6. The van der Waals surface area contributed by atoms with E-state index in [0.717, 1.165) is 37.9 Å². The summed E-state index contributed by atoms with van der Waals surface area (Å²) in [5.41, 5.74) is 1.65. The van der Waals surface area contributed by atoms with Gasteiger partial charge in [-0.05, 0) is 42.6 Å². The third kappa shape index (κ3) is 6.92. The quantitative estimate of drug-likeness (QED) is 0.390. The van der Waals surface area contributed by atoms with E-state index in [1.54, 1.807) is 30.6 Å². The van der Waals surface area contributed by atoms with Gasteiger partial charge in [0.05, 0.1) is 11.3 Å². The average molecular weight is 552 g/mol. The second kappa shape index (κ2) is 12.9. The summed E-state index contributed by atoms with van der Waals surface area (Å²) in [7, 11) is 0. The van der Waals surface area contributed by atoms with E-state index < -0.39 is 18.5 Å². The Labute approximate surface area is 232 Å². The van der Waals surface area contributed by atoms with Gasteiger partial charge < -0.3 is 24.7 Å². The molecule has 1 atom stereocenters. The molecule has 2 amide bonds. The van der Waals surface area contributed by atoms with Crippen molar-refractivity contribution >= 4 is 23.5 Å². The number of oxazole rings is 1. The van der Waals surface area contributed by atoms with Crippen LogP contribution in [0.15, 0.2) is 47.3 Å². The van der Waals surface area contributed by atoms with Crippen LogP contribution < -0.4 is 20.3 Å². The molecule has 11 nitrogen and oxygen atoms in total. The molecule has 5 rings (SSSR count). The molecule has 0 bridgehead atoms. The zero-order valence-corrected chi connectivity index (χ0v) is 22.5. The summed E-state index contributed by atoms with van der Waals surface area (Å²) in [5, 5.41) is 5.34. The fourth-order valence-corrected chi connectivity index (χ4v) is 5.03. The first kappa shape index (κ1) is 27.5. The Morgan fingerprint density at radius 2 is 1.93 bits per heavy atom. The van der Waals surface area contributed by atoms with E-state index in [0.29, 0.717) is 43.3 Å². The lowest BCUT2D eigenvalue weighted by atomic mass is 10.1. The fourth-order valence-electron chi connectivity index (χ4n) is 5.03. The van der Waals surface area contributed by atoms with Crippen LogP contribution in [-0.4, -0.2) is 77.2 Å². The maximum Gasteiger partial charge on any atom is 0.316 e. The van der Waals surface area contributed by atoms with Gasteiger partial charge in [-0.1, -0.05) is 13.0 Å². The Hall–Kier alpha value is -4.06. The maximum absolute atomic E-state index is 13.1. The molecule has 4 heterocycles. The van der Waals surface area contributed by atoms with Crippen LogP contribution in [0.4, 0.5) is 16.1 Å². The van der Waals surface area contributed by atoms with E-state index in [4.69, 9.17) is 9.15 Å². The topological polar surface area (TPSA) is 126 Å². The highest BCUT2D eigenvalue weighted by atomic mass is 19.1. The van der Waals surface area contributed by atoms with Crippen LogP contribution in [-0.2, 0) is 6.54 Å². The number of aromatic nitrogens is 3. The molecule has 2 saturated heterocycles. The number of ether oxygens (including phenoxy) is 1. The van der Waals surface area contributed by atoms with Crippen LogP contribution in [0.2, 0.25) is 0 Å². The van der Waals surface area contributed by atoms with Crippen molar-refractivity contribution in [1.82, 2.24) is 25.2 Å². The van der Waals surface area contributed by atoms with Gasteiger partial charge in [0.15, 0.2) is 5.69 Å². The smallest absolute Gasteiger partial charge is 0.316 e. The summed E-state index contributed by atoms with van der Waals surface area (Å²) in [6.45, 7) is 5.42. The summed E-state index contributed by atoms with van der Waals surface area (Å²) in [4.78, 5) is 42.8. The van der Waals surface area contributed by atoms with Crippen molar-refractivity contribution in [2.45, 2.75) is 38.8 Å². The van der Waals surface area contributed by atoms with E-state index in [-0.39, 0.29) is 23.9 Å². The van der Waals surface area contributed by atoms with Gasteiger partial charge in [-0.25, -0.2) is 14.4 Å². The van der Waals surface area contributed by atoms with Crippen molar-refractivity contribution < 1.29 is 23.1 Å². The molecule has 0 saturated carbocycles. The number of carbonyl (C=O) groups excluding carboxylic acids is 2. The lowest BCUT2D eigenvalue weighted by Gasteiger charge is -2.30. The zero-order chi connectivity index (χ0) is 27.9. The minimum absolute atomic E-state index is 0.0183. The standard InChI is InChI=1S/C28H34FN7O4/c1-19-5-12-35(16-19)17-20-3-4-23(22(15-20)25(37)30-11-8-29)33-26(38)24-18-39-28(34-24)36-13-6-21(7-14-36)40-27-31-9-2-10-32-27/h2-4,9-10,15,18-19,21H,5-8,11-14,16-17H2,1H3,(H,30,37)(H,33,38)/t19-/m0/s1. The van der Waals surface area contributed by atoms with Gasteiger partial charge in [0.1, 0.15) is 19.0 Å². The molecule has 2 aliphatic rings. The van der Waals surface area contributed by atoms with Crippen LogP contribution in [0, 0.1) is 5.92 Å². The molecule has 2 fully saturated rings. The lowest BCUT2D eigenvalue weighted by molar-refractivity contribution is 0.0951. The SMILES string of the molecule is C[C@H]1CCN(Cc2ccc(NC(=O)c3coc(N4CCC(Oc5ncccn5)CC4)n3)c(C(=O)NCCF)c2)C1. The number of hydrogen-bond acceptors (Lipinski definition) is 9. The van der Waals surface area contributed by atoms with E-state index in [2.05, 4.69) is 37.4 Å². The number of carbonyl (C=O) groups is 2. The van der Waals surface area contributed by atoms with Crippen molar-refractivity contribution in [1.29, 1.82) is 0 Å². The Balaban J connectivity index is 1.22. The predicted molar refractivity (Wildman–Crippen MR) is 146 cm³/mol. The molecule has 40 heavy (non-hydrogen) atoms. The highest BCUT2D eigenvalue weighted by Gasteiger charge is 2.26. The van der Waals surface area contributed by atoms with Crippen molar-refractivity contribution in [3.8, 4) is 6.01 Å². The molecular formula is C28H34FN7O4. The number of hydrogen-bond donors (Lipinski definition) is 2. The van der Waals surface area contributed by atoms with Gasteiger partial charge >= 0.3 is 6.01 Å². The molecule has 3 aromatic rings. The summed E-state index contributed by atoms with van der Waals surface area (Å²) in [6, 6.07) is 7.79. The predicted octanol–water partition coefficient (Wildman–Crippen LogP) is 3.31. The average Bonchev–Trinajstić information content (AvgIpc) is 3.63. The molecule has 0 spiro atoms. The second-order valence-corrected chi connectivity index (χ2v) is 10.3. The van der Waals surface area contributed by atoms with Gasteiger partial charge in [0.2, 0.25) is 0 Å². The van der Waals surface area contributed by atoms with Crippen LogP contribution in [0.25, 0.3) is 0 Å². The maximum atomic E-state index is 13.1. The number of alkyl halides is 1. The summed E-state index contributed by atoms with van der Waals surface area (Å²) in [6.07, 6.45) is 7.15. The zero-order valence-electron chi connectivity index (χ0n) is 22.5. The minimum Gasteiger partial charge on any atom is -0.460 e. The van der Waals surface area contributed by atoms with Crippen molar-refractivity contribution in [3.63, 3.8) is 0 Å². The molecule has 2 aliphatic heterocycles. The van der Waals surface area contributed by atoms with E-state index in [1.807, 2.05) is 11.0 Å². The van der Waals surface area contributed by atoms with Crippen LogP contribution >= 0.6 is 0 Å². The molecular weight excluding hydrogens is 517 g/mol.